The lowest BCUT2D eigenvalue weighted by Gasteiger charge is -2.32. The molecule has 0 amide bonds. The minimum atomic E-state index is -0.0232. The van der Waals surface area contributed by atoms with E-state index in [4.69, 9.17) is 9.47 Å². The maximum atomic E-state index is 5.74. The fraction of sp³-hybridized carbons (Fsp3) is 1.00. The van der Waals surface area contributed by atoms with Gasteiger partial charge in [0.15, 0.2) is 0 Å². The number of nitrogens with one attached hydrogen (secondary N) is 1. The zero-order valence-electron chi connectivity index (χ0n) is 10.5. The highest BCUT2D eigenvalue weighted by atomic mass is 16.5. The van der Waals surface area contributed by atoms with Gasteiger partial charge in [-0.1, -0.05) is 0 Å². The molecule has 0 radical (unpaired) electrons. The lowest BCUT2D eigenvalue weighted by atomic mass is 9.93. The molecule has 0 aromatic carbocycles. The monoisotopic (exact) mass is 215 g/mol. The number of hydrogen-bond donors (Lipinski definition) is 1. The molecule has 0 aromatic rings. The van der Waals surface area contributed by atoms with Gasteiger partial charge in [-0.05, 0) is 46.6 Å². The summed E-state index contributed by atoms with van der Waals surface area (Å²) in [6, 6.07) is 0.599. The fourth-order valence-corrected chi connectivity index (χ4v) is 1.98. The van der Waals surface area contributed by atoms with Crippen LogP contribution in [0.3, 0.4) is 0 Å². The second kappa shape index (κ2) is 5.83. The summed E-state index contributed by atoms with van der Waals surface area (Å²) in [5, 5.41) is 3.37. The predicted molar refractivity (Wildman–Crippen MR) is 62.1 cm³/mol. The highest BCUT2D eigenvalue weighted by Gasteiger charge is 2.24. The van der Waals surface area contributed by atoms with Crippen molar-refractivity contribution in [2.75, 3.05) is 26.9 Å². The van der Waals surface area contributed by atoms with Crippen LogP contribution in [-0.2, 0) is 9.47 Å². The van der Waals surface area contributed by atoms with Gasteiger partial charge >= 0.3 is 0 Å². The molecule has 2 unspecified atom stereocenters. The van der Waals surface area contributed by atoms with Gasteiger partial charge in [-0.3, -0.25) is 0 Å². The molecule has 2 atom stereocenters. The SMILES string of the molecule is CNC1CCOCC1CCOC(C)(C)C. The van der Waals surface area contributed by atoms with Crippen LogP contribution in [0, 0.1) is 5.92 Å². The Bertz CT molecular complexity index is 177. The van der Waals surface area contributed by atoms with E-state index in [0.717, 1.165) is 32.7 Å². The van der Waals surface area contributed by atoms with Gasteiger partial charge in [-0.2, -0.15) is 0 Å². The third kappa shape index (κ3) is 4.96. The van der Waals surface area contributed by atoms with E-state index in [2.05, 4.69) is 26.1 Å². The fourth-order valence-electron chi connectivity index (χ4n) is 1.98. The first-order chi connectivity index (χ1) is 7.03. The van der Waals surface area contributed by atoms with E-state index < -0.39 is 0 Å². The van der Waals surface area contributed by atoms with E-state index >= 15 is 0 Å². The van der Waals surface area contributed by atoms with Crippen molar-refractivity contribution in [1.29, 1.82) is 0 Å². The summed E-state index contributed by atoms with van der Waals surface area (Å²) in [6.45, 7) is 8.89. The van der Waals surface area contributed by atoms with Crippen LogP contribution in [0.1, 0.15) is 33.6 Å². The zero-order chi connectivity index (χ0) is 11.3. The molecule has 0 bridgehead atoms. The molecule has 0 aliphatic carbocycles. The Hall–Kier alpha value is -0.120. The lowest BCUT2D eigenvalue weighted by Crippen LogP contribution is -2.41. The number of rotatable bonds is 4. The van der Waals surface area contributed by atoms with Crippen molar-refractivity contribution in [2.45, 2.75) is 45.3 Å². The standard InChI is InChI=1S/C12H25NO2/c1-12(2,3)15-8-5-10-9-14-7-6-11(10)13-4/h10-11,13H,5-9H2,1-4H3. The van der Waals surface area contributed by atoms with Crippen LogP contribution in [0.4, 0.5) is 0 Å². The van der Waals surface area contributed by atoms with Crippen molar-refractivity contribution >= 4 is 0 Å². The van der Waals surface area contributed by atoms with Gasteiger partial charge < -0.3 is 14.8 Å². The van der Waals surface area contributed by atoms with Crippen molar-refractivity contribution in [2.24, 2.45) is 5.92 Å². The van der Waals surface area contributed by atoms with Crippen LogP contribution in [-0.4, -0.2) is 38.5 Å². The van der Waals surface area contributed by atoms with Crippen LogP contribution in [0.5, 0.6) is 0 Å². The molecule has 0 aromatic heterocycles. The molecular formula is C12H25NO2. The first-order valence-corrected chi connectivity index (χ1v) is 5.92. The molecule has 90 valence electrons. The Morgan fingerprint density at radius 2 is 2.13 bits per heavy atom. The van der Waals surface area contributed by atoms with Crippen molar-refractivity contribution < 1.29 is 9.47 Å². The molecule has 1 aliphatic heterocycles. The summed E-state index contributed by atoms with van der Waals surface area (Å²) in [4.78, 5) is 0. The van der Waals surface area contributed by atoms with Crippen LogP contribution >= 0.6 is 0 Å². The molecule has 3 heteroatoms. The van der Waals surface area contributed by atoms with E-state index in [1.165, 1.54) is 0 Å². The Morgan fingerprint density at radius 1 is 1.40 bits per heavy atom. The van der Waals surface area contributed by atoms with Gasteiger partial charge in [-0.15, -0.1) is 0 Å². The van der Waals surface area contributed by atoms with Gasteiger partial charge in [0.25, 0.3) is 0 Å². The Labute approximate surface area is 93.5 Å². The molecule has 1 N–H and O–H groups in total. The van der Waals surface area contributed by atoms with Gasteiger partial charge in [0, 0.05) is 19.3 Å². The quantitative estimate of drug-likeness (QED) is 0.776. The lowest BCUT2D eigenvalue weighted by molar-refractivity contribution is -0.0292. The smallest absolute Gasteiger partial charge is 0.0598 e. The van der Waals surface area contributed by atoms with Gasteiger partial charge in [0.1, 0.15) is 0 Å². The second-order valence-electron chi connectivity index (χ2n) is 5.27. The van der Waals surface area contributed by atoms with Crippen molar-refractivity contribution in [3.8, 4) is 0 Å². The first kappa shape index (κ1) is 12.9. The van der Waals surface area contributed by atoms with Gasteiger partial charge in [0.2, 0.25) is 0 Å². The summed E-state index contributed by atoms with van der Waals surface area (Å²) in [5.74, 6) is 0.603. The van der Waals surface area contributed by atoms with Crippen molar-refractivity contribution in [3.63, 3.8) is 0 Å². The first-order valence-electron chi connectivity index (χ1n) is 5.92. The minimum Gasteiger partial charge on any atom is -0.381 e. The largest absolute Gasteiger partial charge is 0.381 e. The summed E-state index contributed by atoms with van der Waals surface area (Å²) in [5.41, 5.74) is -0.0232. The maximum Gasteiger partial charge on any atom is 0.0598 e. The number of hydrogen-bond acceptors (Lipinski definition) is 3. The van der Waals surface area contributed by atoms with Crippen LogP contribution < -0.4 is 5.32 Å². The van der Waals surface area contributed by atoms with E-state index in [1.807, 2.05) is 7.05 Å². The van der Waals surface area contributed by atoms with E-state index in [-0.39, 0.29) is 5.60 Å². The third-order valence-electron chi connectivity index (χ3n) is 2.87. The summed E-state index contributed by atoms with van der Waals surface area (Å²) in [6.07, 6.45) is 2.21. The molecule has 15 heavy (non-hydrogen) atoms. The molecule has 1 heterocycles. The molecule has 0 spiro atoms. The minimum absolute atomic E-state index is 0.0232. The Kier molecular flexibility index (Phi) is 5.03. The molecule has 0 saturated carbocycles. The summed E-state index contributed by atoms with van der Waals surface area (Å²) < 4.78 is 11.2. The maximum absolute atomic E-state index is 5.74. The van der Waals surface area contributed by atoms with Gasteiger partial charge in [0.05, 0.1) is 12.2 Å². The average Bonchev–Trinajstić information content (AvgIpc) is 2.16. The Balaban J connectivity index is 2.23. The topological polar surface area (TPSA) is 30.5 Å². The third-order valence-corrected chi connectivity index (χ3v) is 2.87. The van der Waals surface area contributed by atoms with Crippen LogP contribution in [0.15, 0.2) is 0 Å². The molecule has 1 saturated heterocycles. The Morgan fingerprint density at radius 3 is 2.73 bits per heavy atom. The summed E-state index contributed by atoms with van der Waals surface area (Å²) in [7, 11) is 2.04. The van der Waals surface area contributed by atoms with E-state index in [9.17, 15) is 0 Å². The van der Waals surface area contributed by atoms with Crippen LogP contribution in [0.2, 0.25) is 0 Å². The van der Waals surface area contributed by atoms with Gasteiger partial charge in [-0.25, -0.2) is 0 Å². The zero-order valence-corrected chi connectivity index (χ0v) is 10.5. The molecular weight excluding hydrogens is 190 g/mol. The van der Waals surface area contributed by atoms with Crippen molar-refractivity contribution in [1.82, 2.24) is 5.32 Å². The number of ether oxygens (including phenoxy) is 2. The molecule has 1 fully saturated rings. The normalized spacial score (nSPS) is 28.0. The van der Waals surface area contributed by atoms with Crippen LogP contribution in [0.25, 0.3) is 0 Å². The highest BCUT2D eigenvalue weighted by Crippen LogP contribution is 2.19. The average molecular weight is 215 g/mol. The van der Waals surface area contributed by atoms with Crippen molar-refractivity contribution in [3.05, 3.63) is 0 Å². The van der Waals surface area contributed by atoms with E-state index in [0.29, 0.717) is 12.0 Å². The molecule has 3 nitrogen and oxygen atoms in total. The molecule has 1 aliphatic rings. The highest BCUT2D eigenvalue weighted by molar-refractivity contribution is 4.78. The molecule has 1 rings (SSSR count). The summed E-state index contributed by atoms with van der Waals surface area (Å²) >= 11 is 0. The van der Waals surface area contributed by atoms with E-state index in [1.54, 1.807) is 0 Å². The predicted octanol–water partition coefficient (Wildman–Crippen LogP) is 1.82. The second-order valence-corrected chi connectivity index (χ2v) is 5.27.